The first kappa shape index (κ1) is 16.4. The van der Waals surface area contributed by atoms with Crippen molar-refractivity contribution in [1.29, 1.82) is 0 Å². The van der Waals surface area contributed by atoms with Crippen LogP contribution in [0.1, 0.15) is 60.8 Å². The highest BCUT2D eigenvalue weighted by Crippen LogP contribution is 2.40. The van der Waals surface area contributed by atoms with E-state index in [1.165, 1.54) is 4.90 Å². The van der Waals surface area contributed by atoms with Crippen molar-refractivity contribution < 1.29 is 19.2 Å². The van der Waals surface area contributed by atoms with Crippen molar-refractivity contribution in [2.75, 3.05) is 6.54 Å². The number of carbonyl (C=O) groups is 2. The van der Waals surface area contributed by atoms with E-state index >= 15 is 0 Å². The number of nitrogens with zero attached hydrogens (tertiary/aromatic N) is 3. The van der Waals surface area contributed by atoms with Crippen molar-refractivity contribution in [2.24, 2.45) is 0 Å². The number of aliphatic carboxylic acids is 1. The maximum Gasteiger partial charge on any atom is 0.323 e. The van der Waals surface area contributed by atoms with Gasteiger partial charge in [0.15, 0.2) is 0 Å². The number of aromatic nitrogens is 2. The van der Waals surface area contributed by atoms with Gasteiger partial charge in [0.1, 0.15) is 6.54 Å². The number of hydrogen-bond acceptors (Lipinski definition) is 5. The van der Waals surface area contributed by atoms with Crippen LogP contribution in [0.4, 0.5) is 0 Å². The molecule has 1 aliphatic carbocycles. The summed E-state index contributed by atoms with van der Waals surface area (Å²) in [5.74, 6) is -0.992. The Balaban J connectivity index is 2.09. The molecule has 1 fully saturated rings. The number of carbonyl (C=O) groups excluding carboxylic acids is 1. The topological polar surface area (TPSA) is 96.5 Å². The third-order valence-corrected chi connectivity index (χ3v) is 4.55. The number of hydrogen-bond donors (Lipinski definition) is 1. The number of carboxylic acid groups (broad SMARTS) is 1. The Hall–Kier alpha value is -2.44. The maximum atomic E-state index is 13.1. The number of amides is 1. The average molecular weight is 331 g/mol. The first-order valence-corrected chi connectivity index (χ1v) is 8.22. The van der Waals surface area contributed by atoms with Gasteiger partial charge in [-0.15, -0.1) is 0 Å². The number of carboxylic acids is 1. The molecule has 0 radical (unpaired) electrons. The van der Waals surface area contributed by atoms with Gasteiger partial charge in [-0.3, -0.25) is 9.59 Å². The highest BCUT2D eigenvalue weighted by atomic mass is 16.5. The molecule has 1 N–H and O–H groups in total. The monoisotopic (exact) mass is 331 g/mol. The first-order chi connectivity index (χ1) is 11.4. The van der Waals surface area contributed by atoms with Crippen molar-refractivity contribution in [1.82, 2.24) is 15.0 Å². The minimum Gasteiger partial charge on any atom is -0.480 e. The zero-order valence-corrected chi connectivity index (χ0v) is 14.1. The Morgan fingerprint density at radius 2 is 2.17 bits per heavy atom. The summed E-state index contributed by atoms with van der Waals surface area (Å²) in [6.07, 6.45) is 2.76. The molecule has 1 atom stereocenters. The first-order valence-electron chi connectivity index (χ1n) is 8.22. The summed E-state index contributed by atoms with van der Waals surface area (Å²) in [7, 11) is 0. The van der Waals surface area contributed by atoms with E-state index in [0.29, 0.717) is 34.7 Å². The molecule has 0 saturated heterocycles. The molecule has 7 heteroatoms. The Morgan fingerprint density at radius 1 is 1.46 bits per heavy atom. The summed E-state index contributed by atoms with van der Waals surface area (Å²) in [5.41, 5.74) is 2.19. The van der Waals surface area contributed by atoms with Gasteiger partial charge in [-0.05, 0) is 39.2 Å². The lowest BCUT2D eigenvalue weighted by Crippen LogP contribution is -2.42. The number of fused-ring (bicyclic) bond motifs is 1. The fourth-order valence-corrected chi connectivity index (χ4v) is 2.82. The standard InChI is InChI=1S/C17H21N3O4/c1-4-9(2)20(8-14(21)22)17(23)12-7-13(11-5-6-11)18-16-15(12)10(3)19-24-16/h7,9,11H,4-6,8H2,1-3H3,(H,21,22). The van der Waals surface area contributed by atoms with E-state index in [-0.39, 0.29) is 18.5 Å². The van der Waals surface area contributed by atoms with Crippen LogP contribution in [0, 0.1) is 6.92 Å². The molecule has 2 aromatic heterocycles. The summed E-state index contributed by atoms with van der Waals surface area (Å²) in [6, 6.07) is 1.60. The van der Waals surface area contributed by atoms with E-state index in [4.69, 9.17) is 9.63 Å². The van der Waals surface area contributed by atoms with Gasteiger partial charge >= 0.3 is 5.97 Å². The fraction of sp³-hybridized carbons (Fsp3) is 0.529. The maximum absolute atomic E-state index is 13.1. The molecule has 3 rings (SSSR count). The van der Waals surface area contributed by atoms with Crippen LogP contribution in [0.5, 0.6) is 0 Å². The number of aryl methyl sites for hydroxylation is 1. The third kappa shape index (κ3) is 2.98. The van der Waals surface area contributed by atoms with Gasteiger partial charge in [0.25, 0.3) is 11.6 Å². The molecule has 0 aliphatic heterocycles. The Morgan fingerprint density at radius 3 is 2.75 bits per heavy atom. The van der Waals surface area contributed by atoms with Crippen LogP contribution >= 0.6 is 0 Å². The largest absolute Gasteiger partial charge is 0.480 e. The van der Waals surface area contributed by atoms with E-state index in [1.54, 1.807) is 13.0 Å². The predicted octanol–water partition coefficient (Wildman–Crippen LogP) is 2.73. The van der Waals surface area contributed by atoms with Crippen LogP contribution in [-0.4, -0.2) is 44.6 Å². The summed E-state index contributed by atoms with van der Waals surface area (Å²) in [4.78, 5) is 30.2. The van der Waals surface area contributed by atoms with Crippen LogP contribution < -0.4 is 0 Å². The summed E-state index contributed by atoms with van der Waals surface area (Å²) < 4.78 is 5.26. The van der Waals surface area contributed by atoms with Crippen molar-refractivity contribution >= 4 is 23.0 Å². The summed E-state index contributed by atoms with van der Waals surface area (Å²) in [6.45, 7) is 5.20. The van der Waals surface area contributed by atoms with Crippen LogP contribution in [0.25, 0.3) is 11.1 Å². The zero-order valence-electron chi connectivity index (χ0n) is 14.1. The highest BCUT2D eigenvalue weighted by Gasteiger charge is 2.31. The fourth-order valence-electron chi connectivity index (χ4n) is 2.82. The predicted molar refractivity (Wildman–Crippen MR) is 86.9 cm³/mol. The Bertz CT molecular complexity index is 794. The summed E-state index contributed by atoms with van der Waals surface area (Å²) >= 11 is 0. The molecule has 1 aliphatic rings. The van der Waals surface area contributed by atoms with E-state index < -0.39 is 5.97 Å². The van der Waals surface area contributed by atoms with Gasteiger partial charge in [-0.1, -0.05) is 12.1 Å². The van der Waals surface area contributed by atoms with Gasteiger partial charge in [0, 0.05) is 17.7 Å². The van der Waals surface area contributed by atoms with E-state index in [1.807, 2.05) is 13.8 Å². The molecule has 2 aromatic rings. The van der Waals surface area contributed by atoms with Gasteiger partial charge in [-0.25, -0.2) is 4.98 Å². The van der Waals surface area contributed by atoms with Crippen molar-refractivity contribution in [2.45, 2.75) is 52.0 Å². The lowest BCUT2D eigenvalue weighted by molar-refractivity contribution is -0.138. The van der Waals surface area contributed by atoms with Gasteiger partial charge < -0.3 is 14.5 Å². The molecular formula is C17H21N3O4. The third-order valence-electron chi connectivity index (χ3n) is 4.55. The van der Waals surface area contributed by atoms with Crippen LogP contribution in [0.2, 0.25) is 0 Å². The molecule has 0 aromatic carbocycles. The SMILES string of the molecule is CCC(C)N(CC(=O)O)C(=O)c1cc(C2CC2)nc2onc(C)c12. The second-order valence-corrected chi connectivity index (χ2v) is 6.40. The Labute approximate surface area is 139 Å². The molecule has 1 saturated carbocycles. The average Bonchev–Trinajstić information content (AvgIpc) is 3.34. The minimum atomic E-state index is -1.03. The van der Waals surface area contributed by atoms with E-state index in [0.717, 1.165) is 18.5 Å². The lowest BCUT2D eigenvalue weighted by atomic mass is 10.1. The van der Waals surface area contributed by atoms with Gasteiger partial charge in [0.05, 0.1) is 16.6 Å². The van der Waals surface area contributed by atoms with Crippen molar-refractivity contribution in [3.8, 4) is 0 Å². The lowest BCUT2D eigenvalue weighted by Gasteiger charge is -2.27. The van der Waals surface area contributed by atoms with E-state index in [9.17, 15) is 9.59 Å². The zero-order chi connectivity index (χ0) is 17.4. The molecule has 7 nitrogen and oxygen atoms in total. The quantitative estimate of drug-likeness (QED) is 0.874. The molecular weight excluding hydrogens is 310 g/mol. The van der Waals surface area contributed by atoms with Gasteiger partial charge in [-0.2, -0.15) is 0 Å². The molecule has 1 unspecified atom stereocenters. The van der Waals surface area contributed by atoms with Crippen LogP contribution in [-0.2, 0) is 4.79 Å². The van der Waals surface area contributed by atoms with E-state index in [2.05, 4.69) is 10.1 Å². The Kier molecular flexibility index (Phi) is 4.26. The molecule has 2 heterocycles. The molecule has 1 amide bonds. The summed E-state index contributed by atoms with van der Waals surface area (Å²) in [5, 5.41) is 13.7. The minimum absolute atomic E-state index is 0.179. The second-order valence-electron chi connectivity index (χ2n) is 6.40. The normalized spacial score (nSPS) is 15.5. The highest BCUT2D eigenvalue weighted by molar-refractivity contribution is 6.06. The molecule has 0 spiro atoms. The van der Waals surface area contributed by atoms with Crippen molar-refractivity contribution in [3.05, 3.63) is 23.0 Å². The van der Waals surface area contributed by atoms with Gasteiger partial charge in [0.2, 0.25) is 0 Å². The molecule has 128 valence electrons. The second kappa shape index (κ2) is 6.22. The number of rotatable bonds is 6. The smallest absolute Gasteiger partial charge is 0.323 e. The number of pyridine rings is 1. The van der Waals surface area contributed by atoms with Crippen LogP contribution in [0.15, 0.2) is 10.6 Å². The molecule has 0 bridgehead atoms. The van der Waals surface area contributed by atoms with Crippen molar-refractivity contribution in [3.63, 3.8) is 0 Å². The van der Waals surface area contributed by atoms with Crippen LogP contribution in [0.3, 0.4) is 0 Å². The molecule has 24 heavy (non-hydrogen) atoms.